The van der Waals surface area contributed by atoms with Crippen molar-refractivity contribution < 1.29 is 14.3 Å². The van der Waals surface area contributed by atoms with E-state index in [2.05, 4.69) is 0 Å². The second kappa shape index (κ2) is 5.41. The Labute approximate surface area is 116 Å². The molecule has 2 rings (SSSR count). The molecule has 2 heterocycles. The summed E-state index contributed by atoms with van der Waals surface area (Å²) in [6.07, 6.45) is 3.46. The molecule has 0 aliphatic carbocycles. The van der Waals surface area contributed by atoms with E-state index in [-0.39, 0.29) is 22.8 Å². The predicted octanol–water partition coefficient (Wildman–Crippen LogP) is 2.08. The van der Waals surface area contributed by atoms with Crippen molar-refractivity contribution in [3.05, 3.63) is 0 Å². The molecular weight excluding hydrogens is 242 g/mol. The summed E-state index contributed by atoms with van der Waals surface area (Å²) in [7, 11) is 1.72. The first kappa shape index (κ1) is 14.8. The zero-order chi connectivity index (χ0) is 14.1. The minimum absolute atomic E-state index is 0.245. The molecule has 19 heavy (non-hydrogen) atoms. The molecule has 0 aromatic carbocycles. The van der Waals surface area contributed by atoms with Gasteiger partial charge in [0.15, 0.2) is 0 Å². The Balaban J connectivity index is 1.88. The monoisotopic (exact) mass is 269 g/mol. The quantitative estimate of drug-likeness (QED) is 0.770. The fourth-order valence-corrected chi connectivity index (χ4v) is 3.20. The van der Waals surface area contributed by atoms with Crippen LogP contribution in [0.1, 0.15) is 40.0 Å². The van der Waals surface area contributed by atoms with Gasteiger partial charge >= 0.3 is 0 Å². The lowest BCUT2D eigenvalue weighted by Crippen LogP contribution is -2.47. The van der Waals surface area contributed by atoms with E-state index in [0.717, 1.165) is 39.0 Å². The van der Waals surface area contributed by atoms with Crippen LogP contribution in [0.5, 0.6) is 0 Å². The molecular formula is C15H27NO3. The van der Waals surface area contributed by atoms with E-state index in [4.69, 9.17) is 9.47 Å². The minimum atomic E-state index is -0.269. The Morgan fingerprint density at radius 3 is 2.53 bits per heavy atom. The maximum atomic E-state index is 12.3. The molecule has 0 aromatic heterocycles. The average Bonchev–Trinajstić information content (AvgIpc) is 2.72. The lowest BCUT2D eigenvalue weighted by Gasteiger charge is -2.40. The molecule has 0 aromatic rings. The molecule has 4 heteroatoms. The number of hydrogen-bond donors (Lipinski definition) is 0. The number of methoxy groups -OCH3 is 1. The summed E-state index contributed by atoms with van der Waals surface area (Å²) in [6, 6.07) is 0. The number of amides is 1. The van der Waals surface area contributed by atoms with Crippen LogP contribution in [-0.2, 0) is 14.3 Å². The fraction of sp³-hybridized carbons (Fsp3) is 0.933. The third-order valence-corrected chi connectivity index (χ3v) is 4.39. The number of piperidine rings is 1. The summed E-state index contributed by atoms with van der Waals surface area (Å²) in [4.78, 5) is 14.3. The number of carbonyl (C=O) groups is 1. The van der Waals surface area contributed by atoms with Gasteiger partial charge < -0.3 is 14.4 Å². The smallest absolute Gasteiger partial charge is 0.227 e. The summed E-state index contributed by atoms with van der Waals surface area (Å²) in [5.74, 6) is 0.273. The molecule has 4 nitrogen and oxygen atoms in total. The molecule has 0 radical (unpaired) electrons. The van der Waals surface area contributed by atoms with Crippen LogP contribution in [0.15, 0.2) is 0 Å². The molecule has 1 amide bonds. The SMILES string of the molecule is COC[C@H]1CC2(CCN(C(=O)C(C)(C)C)CC2)CO1. The van der Waals surface area contributed by atoms with Gasteiger partial charge in [0.1, 0.15) is 0 Å². The summed E-state index contributed by atoms with van der Waals surface area (Å²) >= 11 is 0. The van der Waals surface area contributed by atoms with Gasteiger partial charge in [0.2, 0.25) is 5.91 Å². The van der Waals surface area contributed by atoms with Gasteiger partial charge in [-0.05, 0) is 24.7 Å². The summed E-state index contributed by atoms with van der Waals surface area (Å²) in [5, 5.41) is 0. The largest absolute Gasteiger partial charge is 0.382 e. The van der Waals surface area contributed by atoms with Crippen molar-refractivity contribution in [3.63, 3.8) is 0 Å². The van der Waals surface area contributed by atoms with Gasteiger partial charge in [-0.2, -0.15) is 0 Å². The van der Waals surface area contributed by atoms with Crippen LogP contribution >= 0.6 is 0 Å². The summed E-state index contributed by atoms with van der Waals surface area (Å²) in [6.45, 7) is 9.25. The van der Waals surface area contributed by atoms with Crippen molar-refractivity contribution >= 4 is 5.91 Å². The number of nitrogens with zero attached hydrogens (tertiary/aromatic N) is 1. The van der Waals surface area contributed by atoms with Crippen LogP contribution in [0, 0.1) is 10.8 Å². The Hall–Kier alpha value is -0.610. The Morgan fingerprint density at radius 1 is 1.37 bits per heavy atom. The van der Waals surface area contributed by atoms with Crippen LogP contribution in [-0.4, -0.2) is 50.3 Å². The first-order valence-electron chi connectivity index (χ1n) is 7.26. The van der Waals surface area contributed by atoms with E-state index in [1.807, 2.05) is 25.7 Å². The van der Waals surface area contributed by atoms with Crippen molar-refractivity contribution in [2.75, 3.05) is 33.4 Å². The highest BCUT2D eigenvalue weighted by Crippen LogP contribution is 2.42. The van der Waals surface area contributed by atoms with Gasteiger partial charge in [-0.3, -0.25) is 4.79 Å². The maximum Gasteiger partial charge on any atom is 0.227 e. The normalized spacial score (nSPS) is 26.9. The van der Waals surface area contributed by atoms with Gasteiger partial charge in [-0.25, -0.2) is 0 Å². The second-order valence-electron chi connectivity index (χ2n) is 7.13. The molecule has 2 saturated heterocycles. The third kappa shape index (κ3) is 3.29. The maximum absolute atomic E-state index is 12.3. The van der Waals surface area contributed by atoms with Crippen LogP contribution in [0.2, 0.25) is 0 Å². The van der Waals surface area contributed by atoms with Crippen molar-refractivity contribution in [1.29, 1.82) is 0 Å². The highest BCUT2D eigenvalue weighted by Gasteiger charge is 2.43. The lowest BCUT2D eigenvalue weighted by atomic mass is 9.76. The Morgan fingerprint density at radius 2 is 2.00 bits per heavy atom. The molecule has 0 N–H and O–H groups in total. The highest BCUT2D eigenvalue weighted by molar-refractivity contribution is 5.81. The van der Waals surface area contributed by atoms with E-state index in [9.17, 15) is 4.79 Å². The fourth-order valence-electron chi connectivity index (χ4n) is 3.20. The molecule has 1 atom stereocenters. The molecule has 0 saturated carbocycles. The van der Waals surface area contributed by atoms with E-state index >= 15 is 0 Å². The highest BCUT2D eigenvalue weighted by atomic mass is 16.5. The van der Waals surface area contributed by atoms with E-state index in [1.54, 1.807) is 7.11 Å². The Kier molecular flexibility index (Phi) is 4.21. The molecule has 0 unspecified atom stereocenters. The number of ether oxygens (including phenoxy) is 2. The van der Waals surface area contributed by atoms with E-state index in [1.165, 1.54) is 0 Å². The van der Waals surface area contributed by atoms with Crippen molar-refractivity contribution in [1.82, 2.24) is 4.90 Å². The first-order chi connectivity index (χ1) is 8.86. The van der Waals surface area contributed by atoms with Gasteiger partial charge in [0.25, 0.3) is 0 Å². The summed E-state index contributed by atoms with van der Waals surface area (Å²) < 4.78 is 11.0. The van der Waals surface area contributed by atoms with Gasteiger partial charge in [0, 0.05) is 25.6 Å². The first-order valence-corrected chi connectivity index (χ1v) is 7.26. The Bertz CT molecular complexity index is 327. The van der Waals surface area contributed by atoms with Gasteiger partial charge in [-0.1, -0.05) is 20.8 Å². The number of carbonyl (C=O) groups excluding carboxylic acids is 1. The lowest BCUT2D eigenvalue weighted by molar-refractivity contribution is -0.141. The topological polar surface area (TPSA) is 38.8 Å². The van der Waals surface area contributed by atoms with Gasteiger partial charge in [-0.15, -0.1) is 0 Å². The molecule has 2 aliphatic heterocycles. The average molecular weight is 269 g/mol. The standard InChI is InChI=1S/C15H27NO3/c1-14(2,3)13(17)16-7-5-15(6-8-16)9-12(10-18-4)19-11-15/h12H,5-11H2,1-4H3/t12-/m1/s1. The third-order valence-electron chi connectivity index (χ3n) is 4.39. The minimum Gasteiger partial charge on any atom is -0.382 e. The molecule has 2 aliphatic rings. The van der Waals surface area contributed by atoms with Crippen LogP contribution < -0.4 is 0 Å². The zero-order valence-electron chi connectivity index (χ0n) is 12.7. The van der Waals surface area contributed by atoms with Crippen molar-refractivity contribution in [2.24, 2.45) is 10.8 Å². The number of rotatable bonds is 2. The zero-order valence-corrected chi connectivity index (χ0v) is 12.7. The van der Waals surface area contributed by atoms with E-state index in [0.29, 0.717) is 6.61 Å². The van der Waals surface area contributed by atoms with Crippen molar-refractivity contribution in [3.8, 4) is 0 Å². The van der Waals surface area contributed by atoms with Crippen LogP contribution in [0.4, 0.5) is 0 Å². The molecule has 110 valence electrons. The molecule has 1 spiro atoms. The molecule has 2 fully saturated rings. The van der Waals surface area contributed by atoms with Gasteiger partial charge in [0.05, 0.1) is 19.3 Å². The second-order valence-corrected chi connectivity index (χ2v) is 7.13. The number of hydrogen-bond acceptors (Lipinski definition) is 3. The van der Waals surface area contributed by atoms with Crippen LogP contribution in [0.25, 0.3) is 0 Å². The number of likely N-dealkylation sites (tertiary alicyclic amines) is 1. The molecule has 0 bridgehead atoms. The van der Waals surface area contributed by atoms with Crippen molar-refractivity contribution in [2.45, 2.75) is 46.1 Å². The summed E-state index contributed by atoms with van der Waals surface area (Å²) in [5.41, 5.74) is 0.0210. The van der Waals surface area contributed by atoms with E-state index < -0.39 is 0 Å². The predicted molar refractivity (Wildman–Crippen MR) is 73.9 cm³/mol. The van der Waals surface area contributed by atoms with Crippen LogP contribution in [0.3, 0.4) is 0 Å².